The number of carbonyl (C=O) groups excluding carboxylic acids is 1. The maximum atomic E-state index is 13.1. The fraction of sp³-hybridized carbons (Fsp3) is 0.0909. The number of hydrogen-bond acceptors (Lipinski definition) is 2. The van der Waals surface area contributed by atoms with Crippen molar-refractivity contribution in [1.82, 2.24) is 9.97 Å². The summed E-state index contributed by atoms with van der Waals surface area (Å²) in [5.41, 5.74) is 0.619. The zero-order chi connectivity index (χ0) is 11.5. The van der Waals surface area contributed by atoms with Crippen LogP contribution in [0.1, 0.15) is 16.2 Å². The summed E-state index contributed by atoms with van der Waals surface area (Å²) in [4.78, 5) is 18.2. The number of aromatic nitrogens is 2. The Kier molecular flexibility index (Phi) is 3.14. The lowest BCUT2D eigenvalue weighted by atomic mass is 10.1. The number of aromatic amines is 1. The van der Waals surface area contributed by atoms with E-state index < -0.39 is 0 Å². The number of Topliss-reactive ketones (excluding diaryl/α,β-unsaturated/α-hetero) is 1. The van der Waals surface area contributed by atoms with Gasteiger partial charge in [-0.3, -0.25) is 4.79 Å². The van der Waals surface area contributed by atoms with Gasteiger partial charge in [-0.15, -0.1) is 0 Å². The van der Waals surface area contributed by atoms with E-state index in [4.69, 9.17) is 0 Å². The molecule has 0 amide bonds. The molecule has 2 aromatic rings. The highest BCUT2D eigenvalue weighted by Gasteiger charge is 2.10. The SMILES string of the molecule is O=C(Cc1cc(F)cc(Br)c1)c1ncc[nH]1. The van der Waals surface area contributed by atoms with Crippen LogP contribution in [0.15, 0.2) is 35.1 Å². The van der Waals surface area contributed by atoms with Crippen molar-refractivity contribution in [2.45, 2.75) is 6.42 Å². The standard InChI is InChI=1S/C11H8BrFN2O/c12-8-3-7(4-9(13)6-8)5-10(16)11-14-1-2-15-11/h1-4,6H,5H2,(H,14,15). The molecular weight excluding hydrogens is 275 g/mol. The van der Waals surface area contributed by atoms with Gasteiger partial charge in [0.05, 0.1) is 0 Å². The van der Waals surface area contributed by atoms with Gasteiger partial charge in [0, 0.05) is 23.3 Å². The van der Waals surface area contributed by atoms with Gasteiger partial charge in [-0.1, -0.05) is 15.9 Å². The fourth-order valence-electron chi connectivity index (χ4n) is 1.40. The average Bonchev–Trinajstić information content (AvgIpc) is 2.68. The second-order valence-electron chi connectivity index (χ2n) is 3.32. The fourth-order valence-corrected chi connectivity index (χ4v) is 1.91. The zero-order valence-electron chi connectivity index (χ0n) is 8.21. The Balaban J connectivity index is 2.18. The second-order valence-corrected chi connectivity index (χ2v) is 4.23. The topological polar surface area (TPSA) is 45.8 Å². The van der Waals surface area contributed by atoms with Gasteiger partial charge >= 0.3 is 0 Å². The minimum atomic E-state index is -0.364. The Hall–Kier alpha value is -1.49. The highest BCUT2D eigenvalue weighted by molar-refractivity contribution is 9.10. The average molecular weight is 283 g/mol. The van der Waals surface area contributed by atoms with Gasteiger partial charge in [-0.25, -0.2) is 9.37 Å². The highest BCUT2D eigenvalue weighted by Crippen LogP contribution is 2.16. The molecule has 82 valence electrons. The minimum absolute atomic E-state index is 0.129. The van der Waals surface area contributed by atoms with E-state index in [0.29, 0.717) is 15.9 Å². The van der Waals surface area contributed by atoms with Crippen molar-refractivity contribution in [3.8, 4) is 0 Å². The maximum Gasteiger partial charge on any atom is 0.202 e. The molecule has 0 bridgehead atoms. The van der Waals surface area contributed by atoms with Gasteiger partial charge < -0.3 is 4.98 Å². The van der Waals surface area contributed by atoms with Crippen molar-refractivity contribution < 1.29 is 9.18 Å². The summed E-state index contributed by atoms with van der Waals surface area (Å²) in [6, 6.07) is 4.40. The van der Waals surface area contributed by atoms with E-state index in [2.05, 4.69) is 25.9 Å². The third-order valence-corrected chi connectivity index (χ3v) is 2.51. The Labute approximate surface area is 99.8 Å². The zero-order valence-corrected chi connectivity index (χ0v) is 9.79. The van der Waals surface area contributed by atoms with Gasteiger partial charge in [-0.2, -0.15) is 0 Å². The molecule has 0 fully saturated rings. The van der Waals surface area contributed by atoms with Crippen LogP contribution in [0.25, 0.3) is 0 Å². The number of hydrogen-bond donors (Lipinski definition) is 1. The lowest BCUT2D eigenvalue weighted by molar-refractivity contribution is 0.0984. The molecule has 0 atom stereocenters. The Morgan fingerprint density at radius 1 is 1.44 bits per heavy atom. The molecule has 0 aliphatic rings. The third-order valence-electron chi connectivity index (χ3n) is 2.05. The van der Waals surface area contributed by atoms with Crippen LogP contribution >= 0.6 is 15.9 Å². The number of nitrogens with zero attached hydrogens (tertiary/aromatic N) is 1. The third kappa shape index (κ3) is 2.55. The molecule has 3 nitrogen and oxygen atoms in total. The lowest BCUT2D eigenvalue weighted by Crippen LogP contribution is -2.05. The van der Waals surface area contributed by atoms with E-state index in [1.54, 1.807) is 12.3 Å². The summed E-state index contributed by atoms with van der Waals surface area (Å²) in [5, 5.41) is 0. The molecule has 0 unspecified atom stereocenters. The number of carbonyl (C=O) groups is 1. The predicted octanol–water partition coefficient (Wildman–Crippen LogP) is 2.74. The largest absolute Gasteiger partial charge is 0.342 e. The summed E-state index contributed by atoms with van der Waals surface area (Å²) in [6.45, 7) is 0. The van der Waals surface area contributed by atoms with Crippen molar-refractivity contribution in [1.29, 1.82) is 0 Å². The molecule has 0 saturated carbocycles. The lowest BCUT2D eigenvalue weighted by Gasteiger charge is -2.00. The van der Waals surface area contributed by atoms with Crippen LogP contribution in [0.2, 0.25) is 0 Å². The van der Waals surface area contributed by atoms with Gasteiger partial charge in [0.1, 0.15) is 5.82 Å². The number of benzene rings is 1. The van der Waals surface area contributed by atoms with Crippen molar-refractivity contribution in [3.63, 3.8) is 0 Å². The summed E-state index contributed by atoms with van der Waals surface area (Å²) in [6.07, 6.45) is 3.22. The summed E-state index contributed by atoms with van der Waals surface area (Å²) in [5.74, 6) is -0.237. The second kappa shape index (κ2) is 4.57. The first-order chi connectivity index (χ1) is 7.65. The maximum absolute atomic E-state index is 13.1. The van der Waals surface area contributed by atoms with Gasteiger partial charge in [0.15, 0.2) is 5.82 Å². The minimum Gasteiger partial charge on any atom is -0.342 e. The first-order valence-electron chi connectivity index (χ1n) is 4.63. The quantitative estimate of drug-likeness (QED) is 0.880. The number of imidazole rings is 1. The molecule has 1 N–H and O–H groups in total. The first-order valence-corrected chi connectivity index (χ1v) is 5.42. The molecular formula is C11H8BrFN2O. The molecule has 2 rings (SSSR count). The van der Waals surface area contributed by atoms with E-state index in [9.17, 15) is 9.18 Å². The molecule has 0 aliphatic heterocycles. The molecule has 1 aromatic carbocycles. The molecule has 16 heavy (non-hydrogen) atoms. The number of H-pyrrole nitrogens is 1. The van der Waals surface area contributed by atoms with E-state index in [1.807, 2.05) is 0 Å². The van der Waals surface area contributed by atoms with E-state index in [0.717, 1.165) is 0 Å². The predicted molar refractivity (Wildman–Crippen MR) is 60.7 cm³/mol. The molecule has 0 spiro atoms. The monoisotopic (exact) mass is 282 g/mol. The van der Waals surface area contributed by atoms with Gasteiger partial charge in [0.2, 0.25) is 5.78 Å². The Morgan fingerprint density at radius 2 is 2.25 bits per heavy atom. The van der Waals surface area contributed by atoms with Crippen LogP contribution in [0.3, 0.4) is 0 Å². The smallest absolute Gasteiger partial charge is 0.202 e. The normalized spacial score (nSPS) is 10.4. The van der Waals surface area contributed by atoms with E-state index >= 15 is 0 Å². The van der Waals surface area contributed by atoms with Crippen molar-refractivity contribution in [2.75, 3.05) is 0 Å². The highest BCUT2D eigenvalue weighted by atomic mass is 79.9. The number of nitrogens with one attached hydrogen (secondary N) is 1. The Morgan fingerprint density at radius 3 is 2.88 bits per heavy atom. The molecule has 0 radical (unpaired) electrons. The first kappa shape index (κ1) is 11.0. The summed E-state index contributed by atoms with van der Waals surface area (Å²) in [7, 11) is 0. The summed E-state index contributed by atoms with van der Waals surface area (Å²) >= 11 is 3.18. The van der Waals surface area contributed by atoms with Crippen molar-refractivity contribution in [3.05, 3.63) is 52.3 Å². The van der Waals surface area contributed by atoms with Crippen molar-refractivity contribution >= 4 is 21.7 Å². The Bertz CT molecular complexity index is 490. The van der Waals surface area contributed by atoms with Crippen LogP contribution in [-0.4, -0.2) is 15.8 Å². The molecule has 1 heterocycles. The summed E-state index contributed by atoms with van der Waals surface area (Å²) < 4.78 is 13.7. The van der Waals surface area contributed by atoms with Gasteiger partial charge in [0.25, 0.3) is 0 Å². The number of halogens is 2. The van der Waals surface area contributed by atoms with Crippen LogP contribution in [-0.2, 0) is 6.42 Å². The van der Waals surface area contributed by atoms with Crippen LogP contribution in [0, 0.1) is 5.82 Å². The molecule has 0 saturated heterocycles. The van der Waals surface area contributed by atoms with Crippen LogP contribution in [0.4, 0.5) is 4.39 Å². The number of rotatable bonds is 3. The molecule has 0 aliphatic carbocycles. The van der Waals surface area contributed by atoms with Gasteiger partial charge in [-0.05, 0) is 23.8 Å². The number of ketones is 1. The van der Waals surface area contributed by atoms with E-state index in [1.165, 1.54) is 18.3 Å². The molecule has 5 heteroatoms. The van der Waals surface area contributed by atoms with Crippen molar-refractivity contribution in [2.24, 2.45) is 0 Å². The van der Waals surface area contributed by atoms with Crippen LogP contribution in [0.5, 0.6) is 0 Å². The molecule has 1 aromatic heterocycles. The van der Waals surface area contributed by atoms with Crippen LogP contribution < -0.4 is 0 Å². The van der Waals surface area contributed by atoms with E-state index in [-0.39, 0.29) is 18.0 Å².